The summed E-state index contributed by atoms with van der Waals surface area (Å²) in [7, 11) is 0. The van der Waals surface area contributed by atoms with Crippen molar-refractivity contribution in [1.29, 1.82) is 0 Å². The van der Waals surface area contributed by atoms with E-state index < -0.39 is 0 Å². The summed E-state index contributed by atoms with van der Waals surface area (Å²) in [5.74, 6) is 0.571. The predicted octanol–water partition coefficient (Wildman–Crippen LogP) is 2.68. The first kappa shape index (κ1) is 19.1. The standard InChI is InChI=1S/C22H24N4O3/c27-21(7-6-18-14-25-26(15-18)19-4-2-1-3-5-19)24-13-17-8-10-23-22(12-17)29-20-9-11-28-16-20/h1-5,8,10,12,14-15,20H,6-7,9,11,13,16H2,(H,24,27). The second-order valence-electron chi connectivity index (χ2n) is 7.01. The zero-order chi connectivity index (χ0) is 19.9. The van der Waals surface area contributed by atoms with Crippen LogP contribution in [0.4, 0.5) is 0 Å². The van der Waals surface area contributed by atoms with E-state index in [4.69, 9.17) is 9.47 Å². The number of hydrogen-bond acceptors (Lipinski definition) is 5. The minimum Gasteiger partial charge on any atom is -0.472 e. The maximum Gasteiger partial charge on any atom is 0.220 e. The number of pyridine rings is 1. The van der Waals surface area contributed by atoms with Crippen molar-refractivity contribution in [3.63, 3.8) is 0 Å². The zero-order valence-electron chi connectivity index (χ0n) is 16.2. The number of aromatic nitrogens is 3. The first-order valence-electron chi connectivity index (χ1n) is 9.81. The van der Waals surface area contributed by atoms with E-state index in [0.29, 0.717) is 31.9 Å². The summed E-state index contributed by atoms with van der Waals surface area (Å²) in [6.07, 6.45) is 7.46. The highest BCUT2D eigenvalue weighted by atomic mass is 16.5. The van der Waals surface area contributed by atoms with Crippen molar-refractivity contribution in [2.45, 2.75) is 31.9 Å². The summed E-state index contributed by atoms with van der Waals surface area (Å²) in [6, 6.07) is 13.7. The molecule has 0 radical (unpaired) electrons. The van der Waals surface area contributed by atoms with E-state index in [1.165, 1.54) is 0 Å². The van der Waals surface area contributed by atoms with Gasteiger partial charge in [0.05, 0.1) is 25.1 Å². The van der Waals surface area contributed by atoms with Gasteiger partial charge in [0.15, 0.2) is 0 Å². The van der Waals surface area contributed by atoms with Gasteiger partial charge in [-0.25, -0.2) is 9.67 Å². The highest BCUT2D eigenvalue weighted by molar-refractivity contribution is 5.76. The highest BCUT2D eigenvalue weighted by Crippen LogP contribution is 2.15. The van der Waals surface area contributed by atoms with Gasteiger partial charge >= 0.3 is 0 Å². The molecule has 2 aromatic heterocycles. The summed E-state index contributed by atoms with van der Waals surface area (Å²) < 4.78 is 12.9. The molecule has 150 valence electrons. The smallest absolute Gasteiger partial charge is 0.220 e. The number of amides is 1. The van der Waals surface area contributed by atoms with Crippen LogP contribution in [0.5, 0.6) is 5.88 Å². The fraction of sp³-hybridized carbons (Fsp3) is 0.318. The van der Waals surface area contributed by atoms with E-state index in [1.807, 2.05) is 53.3 Å². The molecule has 1 aliphatic heterocycles. The van der Waals surface area contributed by atoms with Gasteiger partial charge in [-0.2, -0.15) is 5.10 Å². The van der Waals surface area contributed by atoms with Gasteiger partial charge in [0.2, 0.25) is 11.8 Å². The number of rotatable bonds is 8. The molecular formula is C22H24N4O3. The number of ether oxygens (including phenoxy) is 2. The van der Waals surface area contributed by atoms with Gasteiger partial charge in [-0.15, -0.1) is 0 Å². The number of nitrogens with one attached hydrogen (secondary N) is 1. The molecular weight excluding hydrogens is 368 g/mol. The van der Waals surface area contributed by atoms with Crippen molar-refractivity contribution in [1.82, 2.24) is 20.1 Å². The number of benzene rings is 1. The van der Waals surface area contributed by atoms with Crippen molar-refractivity contribution >= 4 is 5.91 Å². The summed E-state index contributed by atoms with van der Waals surface area (Å²) in [5, 5.41) is 7.32. The molecule has 4 rings (SSSR count). The minimum atomic E-state index is 0.000865. The van der Waals surface area contributed by atoms with Crippen LogP contribution < -0.4 is 10.1 Å². The second kappa shape index (κ2) is 9.34. The molecule has 1 fully saturated rings. The average Bonchev–Trinajstić information content (AvgIpc) is 3.44. The van der Waals surface area contributed by atoms with Crippen molar-refractivity contribution in [3.8, 4) is 11.6 Å². The van der Waals surface area contributed by atoms with Crippen LogP contribution >= 0.6 is 0 Å². The van der Waals surface area contributed by atoms with E-state index in [-0.39, 0.29) is 12.0 Å². The molecule has 0 spiro atoms. The first-order valence-corrected chi connectivity index (χ1v) is 9.81. The lowest BCUT2D eigenvalue weighted by Crippen LogP contribution is -2.23. The van der Waals surface area contributed by atoms with Crippen LogP contribution in [0.1, 0.15) is 24.0 Å². The lowest BCUT2D eigenvalue weighted by atomic mass is 10.2. The molecule has 1 aromatic carbocycles. The average molecular weight is 392 g/mol. The number of aryl methyl sites for hydroxylation is 1. The Balaban J connectivity index is 1.24. The third-order valence-electron chi connectivity index (χ3n) is 4.76. The Bertz CT molecular complexity index is 936. The maximum absolute atomic E-state index is 12.2. The van der Waals surface area contributed by atoms with Crippen molar-refractivity contribution in [3.05, 3.63) is 72.2 Å². The van der Waals surface area contributed by atoms with Crippen molar-refractivity contribution < 1.29 is 14.3 Å². The molecule has 3 heterocycles. The minimum absolute atomic E-state index is 0.000865. The molecule has 3 aromatic rings. The lowest BCUT2D eigenvalue weighted by Gasteiger charge is -2.12. The van der Waals surface area contributed by atoms with E-state index in [9.17, 15) is 4.79 Å². The Labute approximate surface area is 169 Å². The van der Waals surface area contributed by atoms with E-state index in [2.05, 4.69) is 15.4 Å². The van der Waals surface area contributed by atoms with E-state index in [1.54, 1.807) is 12.4 Å². The third-order valence-corrected chi connectivity index (χ3v) is 4.76. The van der Waals surface area contributed by atoms with Gasteiger partial charge in [0.25, 0.3) is 0 Å². The Morgan fingerprint density at radius 2 is 2.14 bits per heavy atom. The SMILES string of the molecule is O=C(CCc1cnn(-c2ccccc2)c1)NCc1ccnc(OC2CCOC2)c1. The monoisotopic (exact) mass is 392 g/mol. The molecule has 1 aliphatic rings. The third kappa shape index (κ3) is 5.42. The zero-order valence-corrected chi connectivity index (χ0v) is 16.2. The Morgan fingerprint density at radius 1 is 1.24 bits per heavy atom. The number of carbonyl (C=O) groups is 1. The Kier molecular flexibility index (Phi) is 6.16. The number of nitrogens with zero attached hydrogens (tertiary/aromatic N) is 3. The summed E-state index contributed by atoms with van der Waals surface area (Å²) in [6.45, 7) is 1.77. The van der Waals surface area contributed by atoms with Gasteiger partial charge in [-0.05, 0) is 35.7 Å². The van der Waals surface area contributed by atoms with Gasteiger partial charge in [-0.1, -0.05) is 18.2 Å². The van der Waals surface area contributed by atoms with Gasteiger partial charge in [0.1, 0.15) is 6.10 Å². The van der Waals surface area contributed by atoms with Crippen molar-refractivity contribution in [2.24, 2.45) is 0 Å². The van der Waals surface area contributed by atoms with Crippen LogP contribution in [0.2, 0.25) is 0 Å². The van der Waals surface area contributed by atoms with Gasteiger partial charge in [-0.3, -0.25) is 4.79 Å². The van der Waals surface area contributed by atoms with Crippen LogP contribution in [-0.4, -0.2) is 40.0 Å². The Hall–Kier alpha value is -3.19. The number of carbonyl (C=O) groups excluding carboxylic acids is 1. The molecule has 7 heteroatoms. The van der Waals surface area contributed by atoms with Crippen LogP contribution in [0.15, 0.2) is 61.1 Å². The number of hydrogen-bond donors (Lipinski definition) is 1. The van der Waals surface area contributed by atoms with Gasteiger partial charge in [0, 0.05) is 37.8 Å². The topological polar surface area (TPSA) is 78.3 Å². The summed E-state index contributed by atoms with van der Waals surface area (Å²) >= 11 is 0. The molecule has 1 N–H and O–H groups in total. The van der Waals surface area contributed by atoms with Crippen LogP contribution in [0, 0.1) is 0 Å². The normalized spacial score (nSPS) is 15.9. The molecule has 7 nitrogen and oxygen atoms in total. The molecule has 29 heavy (non-hydrogen) atoms. The molecule has 0 aliphatic carbocycles. The molecule has 1 amide bonds. The van der Waals surface area contributed by atoms with Crippen molar-refractivity contribution in [2.75, 3.05) is 13.2 Å². The van der Waals surface area contributed by atoms with Crippen LogP contribution in [0.25, 0.3) is 5.69 Å². The van der Waals surface area contributed by atoms with Crippen LogP contribution in [0.3, 0.4) is 0 Å². The fourth-order valence-electron chi connectivity index (χ4n) is 3.16. The second-order valence-corrected chi connectivity index (χ2v) is 7.01. The molecule has 0 bridgehead atoms. The largest absolute Gasteiger partial charge is 0.472 e. The highest BCUT2D eigenvalue weighted by Gasteiger charge is 2.17. The maximum atomic E-state index is 12.2. The summed E-state index contributed by atoms with van der Waals surface area (Å²) in [4.78, 5) is 16.5. The van der Waals surface area contributed by atoms with E-state index in [0.717, 1.165) is 29.8 Å². The van der Waals surface area contributed by atoms with Crippen LogP contribution in [-0.2, 0) is 22.5 Å². The Morgan fingerprint density at radius 3 is 2.97 bits per heavy atom. The fourth-order valence-corrected chi connectivity index (χ4v) is 3.16. The summed E-state index contributed by atoms with van der Waals surface area (Å²) in [5.41, 5.74) is 2.99. The predicted molar refractivity (Wildman–Crippen MR) is 108 cm³/mol. The van der Waals surface area contributed by atoms with E-state index >= 15 is 0 Å². The molecule has 1 atom stereocenters. The molecule has 0 saturated carbocycles. The molecule has 1 saturated heterocycles. The van der Waals surface area contributed by atoms with Gasteiger partial charge < -0.3 is 14.8 Å². The first-order chi connectivity index (χ1) is 14.3. The molecule has 1 unspecified atom stereocenters. The quantitative estimate of drug-likeness (QED) is 0.638. The number of para-hydroxylation sites is 1. The lowest BCUT2D eigenvalue weighted by molar-refractivity contribution is -0.121.